The Morgan fingerprint density at radius 2 is 1.07 bits per heavy atom. The van der Waals surface area contributed by atoms with Crippen LogP contribution in [0.15, 0.2) is 24.3 Å². The van der Waals surface area contributed by atoms with Crippen LogP contribution in [-0.2, 0) is 42.8 Å². The fourth-order valence-electron chi connectivity index (χ4n) is 11.6. The second kappa shape index (κ2) is 14.0. The number of likely N-dealkylation sites (N-methyl/N-ethyl adjacent to an activating group) is 2. The van der Waals surface area contributed by atoms with Crippen LogP contribution in [0.2, 0.25) is 0 Å². The first kappa shape index (κ1) is 39.8. The summed E-state index contributed by atoms with van der Waals surface area (Å²) >= 11 is 0. The van der Waals surface area contributed by atoms with Gasteiger partial charge in [0.05, 0.1) is 0 Å². The topological polar surface area (TPSA) is 174 Å². The molecule has 4 aliphatic carbocycles. The van der Waals surface area contributed by atoms with Crippen molar-refractivity contribution in [2.24, 2.45) is 11.8 Å². The average Bonchev–Trinajstić information content (AvgIpc) is 3.67. The normalized spacial score (nSPS) is 34.0. The Balaban J connectivity index is 0.000000145. The number of hydrogen-bond acceptors (Lipinski definition) is 10. The summed E-state index contributed by atoms with van der Waals surface area (Å²) in [4.78, 5) is 49.7. The monoisotopic (exact) mass is 748 g/mol. The number of ketones is 2. The van der Waals surface area contributed by atoms with Gasteiger partial charge < -0.3 is 39.7 Å². The number of aliphatic carboxylic acids is 2. The number of aliphatic hydroxyl groups is 2. The van der Waals surface area contributed by atoms with Gasteiger partial charge in [-0.1, -0.05) is 39.1 Å². The fourth-order valence-corrected chi connectivity index (χ4v) is 11.6. The SMILES string of the molecule is C.C.Cc1ccc2c3c1O[C@H]1C(=O)CCC4[C@@H](C2)N(C)CC[C@@]341.Cc1ccc2c3c1O[C@H]1C(=O)CCC4[C@@H](C2)N(C)CC[C@@]341.O=C(O)C(O)C(O)C(=O)O. The molecule has 2 aromatic rings. The molecule has 4 aliphatic heterocycles. The van der Waals surface area contributed by atoms with Crippen molar-refractivity contribution in [3.8, 4) is 11.5 Å². The molecule has 12 nitrogen and oxygen atoms in total. The molecular formula is C42H56N2O10. The summed E-state index contributed by atoms with van der Waals surface area (Å²) in [5, 5.41) is 32.5. The number of aryl methyl sites for hydroxylation is 2. The summed E-state index contributed by atoms with van der Waals surface area (Å²) in [6.45, 7) is 6.40. The standard InChI is InChI=1S/2C18H21NO2.C4H6O6.2CH4/c2*1-10-3-4-11-9-13-12-5-6-14(20)17-18(12,7-8-19(13)2)15(11)16(10)21-17;5-1(3(7)8)2(6)4(9)10;;/h2*3-4,12-13,17H,5-9H2,1-2H3;1-2,5-6H,(H,7,8)(H,9,10);2*1H4/t2*12?,13-,17+,18+;;;/m11.../s1. The number of likely N-dealkylation sites (tertiary alicyclic amines) is 2. The van der Waals surface area contributed by atoms with Crippen LogP contribution in [0, 0.1) is 25.7 Å². The molecule has 8 aliphatic rings. The van der Waals surface area contributed by atoms with E-state index in [1.807, 2.05) is 0 Å². The van der Waals surface area contributed by atoms with E-state index in [9.17, 15) is 19.2 Å². The zero-order valence-electron chi connectivity index (χ0n) is 30.1. The zero-order chi connectivity index (χ0) is 37.0. The van der Waals surface area contributed by atoms with Crippen molar-refractivity contribution in [3.05, 3.63) is 57.6 Å². The maximum absolute atomic E-state index is 12.6. The number of aliphatic hydroxyl groups excluding tert-OH is 2. The molecule has 0 radical (unpaired) electrons. The Kier molecular flexibility index (Phi) is 10.3. The molecule has 54 heavy (non-hydrogen) atoms. The van der Waals surface area contributed by atoms with Crippen LogP contribution in [0.1, 0.15) is 86.8 Å². The lowest BCUT2D eigenvalue weighted by molar-refractivity contribution is -0.165. The number of benzene rings is 2. The van der Waals surface area contributed by atoms with Gasteiger partial charge in [-0.3, -0.25) is 9.59 Å². The van der Waals surface area contributed by atoms with E-state index in [1.165, 1.54) is 33.4 Å². The van der Waals surface area contributed by atoms with E-state index in [2.05, 4.69) is 62.0 Å². The first-order valence-corrected chi connectivity index (χ1v) is 18.6. The quantitative estimate of drug-likeness (QED) is 0.360. The van der Waals surface area contributed by atoms with Crippen molar-refractivity contribution in [1.82, 2.24) is 9.80 Å². The molecular weight excluding hydrogens is 692 g/mol. The highest BCUT2D eigenvalue weighted by Crippen LogP contribution is 2.63. The van der Waals surface area contributed by atoms with E-state index in [0.717, 1.165) is 63.1 Å². The number of carbonyl (C=O) groups is 4. The van der Waals surface area contributed by atoms with Gasteiger partial charge >= 0.3 is 11.9 Å². The molecule has 10 rings (SSSR count). The summed E-state index contributed by atoms with van der Waals surface area (Å²) in [5.74, 6) is 0.395. The van der Waals surface area contributed by atoms with Crippen LogP contribution in [0.25, 0.3) is 0 Å². The van der Waals surface area contributed by atoms with E-state index >= 15 is 0 Å². The maximum atomic E-state index is 12.6. The molecule has 4 N–H and O–H groups in total. The predicted molar refractivity (Wildman–Crippen MR) is 200 cm³/mol. The Hall–Kier alpha value is -3.84. The van der Waals surface area contributed by atoms with Gasteiger partial charge in [-0.25, -0.2) is 9.59 Å². The van der Waals surface area contributed by atoms with E-state index in [4.69, 9.17) is 29.9 Å². The van der Waals surface area contributed by atoms with Crippen molar-refractivity contribution >= 4 is 23.5 Å². The van der Waals surface area contributed by atoms with Crippen molar-refractivity contribution in [2.75, 3.05) is 27.2 Å². The van der Waals surface area contributed by atoms with E-state index in [1.54, 1.807) is 0 Å². The molecule has 2 aromatic carbocycles. The molecule has 0 aromatic heterocycles. The van der Waals surface area contributed by atoms with Gasteiger partial charge in [0, 0.05) is 46.9 Å². The Labute approximate surface area is 317 Å². The predicted octanol–water partition coefficient (Wildman–Crippen LogP) is 3.62. The average molecular weight is 749 g/mol. The van der Waals surface area contributed by atoms with Crippen molar-refractivity contribution in [1.29, 1.82) is 0 Å². The highest BCUT2D eigenvalue weighted by Gasteiger charge is 2.66. The lowest BCUT2D eigenvalue weighted by Gasteiger charge is -2.57. The molecule has 2 saturated heterocycles. The summed E-state index contributed by atoms with van der Waals surface area (Å²) in [6, 6.07) is 10.1. The molecule has 0 amide bonds. The molecule has 4 heterocycles. The lowest BCUT2D eigenvalue weighted by Crippen LogP contribution is -2.65. The number of hydrogen-bond donors (Lipinski definition) is 4. The number of ether oxygens (including phenoxy) is 2. The fraction of sp³-hybridized carbons (Fsp3) is 0.619. The molecule has 2 spiro atoms. The zero-order valence-corrected chi connectivity index (χ0v) is 30.1. The van der Waals surface area contributed by atoms with Crippen molar-refractivity contribution in [3.63, 3.8) is 0 Å². The molecule has 4 unspecified atom stereocenters. The number of carboxylic acid groups (broad SMARTS) is 2. The van der Waals surface area contributed by atoms with Crippen LogP contribution in [0.4, 0.5) is 0 Å². The van der Waals surface area contributed by atoms with Gasteiger partial charge in [0.15, 0.2) is 36.0 Å². The number of carbonyl (C=O) groups excluding carboxylic acids is 2. The molecule has 2 saturated carbocycles. The van der Waals surface area contributed by atoms with Crippen LogP contribution in [0.3, 0.4) is 0 Å². The third kappa shape index (κ3) is 5.45. The number of Topliss-reactive ketones (excluding diaryl/α,β-unsaturated/α-hetero) is 2. The first-order valence-electron chi connectivity index (χ1n) is 18.6. The minimum Gasteiger partial charge on any atom is -0.481 e. The molecule has 12 heteroatoms. The number of nitrogens with zero attached hydrogens (tertiary/aromatic N) is 2. The Bertz CT molecular complexity index is 1750. The summed E-state index contributed by atoms with van der Waals surface area (Å²) in [5.41, 5.74) is 8.05. The van der Waals surface area contributed by atoms with Gasteiger partial charge in [0.1, 0.15) is 11.5 Å². The molecule has 294 valence electrons. The van der Waals surface area contributed by atoms with Crippen molar-refractivity contribution in [2.45, 2.75) is 127 Å². The Morgan fingerprint density at radius 1 is 0.704 bits per heavy atom. The lowest BCUT2D eigenvalue weighted by atomic mass is 9.51. The summed E-state index contributed by atoms with van der Waals surface area (Å²) in [6.07, 6.45) is 2.93. The van der Waals surface area contributed by atoms with Crippen LogP contribution >= 0.6 is 0 Å². The third-order valence-electron chi connectivity index (χ3n) is 14.0. The molecule has 10 atom stereocenters. The number of rotatable bonds is 3. The smallest absolute Gasteiger partial charge is 0.335 e. The minimum atomic E-state index is -2.27. The van der Waals surface area contributed by atoms with Gasteiger partial charge in [-0.15, -0.1) is 0 Å². The molecule has 4 bridgehead atoms. The molecule has 4 fully saturated rings. The van der Waals surface area contributed by atoms with Crippen molar-refractivity contribution < 1.29 is 49.1 Å². The summed E-state index contributed by atoms with van der Waals surface area (Å²) < 4.78 is 12.6. The second-order valence-corrected chi connectivity index (χ2v) is 16.4. The largest absolute Gasteiger partial charge is 0.481 e. The number of carboxylic acids is 2. The van der Waals surface area contributed by atoms with Gasteiger partial charge in [0.2, 0.25) is 0 Å². The van der Waals surface area contributed by atoms with E-state index in [0.29, 0.717) is 48.3 Å². The Morgan fingerprint density at radius 3 is 1.43 bits per heavy atom. The van der Waals surface area contributed by atoms with Crippen LogP contribution in [-0.4, -0.2) is 117 Å². The summed E-state index contributed by atoms with van der Waals surface area (Å²) in [7, 11) is 4.50. The third-order valence-corrected chi connectivity index (χ3v) is 14.0. The highest BCUT2D eigenvalue weighted by atomic mass is 16.5. The first-order chi connectivity index (χ1) is 24.7. The van der Waals surface area contributed by atoms with E-state index < -0.39 is 24.1 Å². The van der Waals surface area contributed by atoms with Crippen LogP contribution < -0.4 is 9.47 Å². The van der Waals surface area contributed by atoms with Gasteiger partial charge in [0.25, 0.3) is 0 Å². The van der Waals surface area contributed by atoms with Crippen LogP contribution in [0.5, 0.6) is 11.5 Å². The minimum absolute atomic E-state index is 0. The van der Waals surface area contributed by atoms with E-state index in [-0.39, 0.29) is 37.9 Å². The van der Waals surface area contributed by atoms with Gasteiger partial charge in [-0.05, 0) is 114 Å². The number of piperidine rings is 2. The van der Waals surface area contributed by atoms with Gasteiger partial charge in [-0.2, -0.15) is 0 Å². The maximum Gasteiger partial charge on any atom is 0.335 e. The second-order valence-electron chi connectivity index (χ2n) is 16.4. The highest BCUT2D eigenvalue weighted by molar-refractivity contribution is 5.90.